The zero-order chi connectivity index (χ0) is 56.1. The first-order valence-corrected chi connectivity index (χ1v) is 29.6. The molecule has 0 unspecified atom stereocenters. The van der Waals surface area contributed by atoms with Crippen molar-refractivity contribution in [3.63, 3.8) is 0 Å². The van der Waals surface area contributed by atoms with Gasteiger partial charge in [0.25, 0.3) is 13.4 Å². The monoisotopic (exact) mass is 1090 g/mol. The van der Waals surface area contributed by atoms with E-state index in [2.05, 4.69) is 311 Å². The van der Waals surface area contributed by atoms with Crippen LogP contribution in [0.25, 0.3) is 66.1 Å². The average Bonchev–Trinajstić information content (AvgIpc) is 1.16. The Morgan fingerprint density at radius 1 is 0.244 bits per heavy atom. The fraction of sp³-hybridized carbons (Fsp3) is 0. The maximum atomic E-state index is 7.14. The Balaban J connectivity index is 0.965. The molecule has 0 saturated carbocycles. The topological polar surface area (TPSA) is 39.2 Å². The van der Waals surface area contributed by atoms with Crippen LogP contribution in [0.15, 0.2) is 300 Å². The third kappa shape index (κ3) is 6.63. The average molecular weight is 1090 g/mol. The molecule has 8 heteroatoms. The second kappa shape index (κ2) is 18.1. The standard InChI is InChI=1S/C78H48B2N4O2/c1-5-23-49(24-6-1)50-41-43-51(44-42-50)55-31-13-18-36-62(55)84-66-46-65-60(45-61(66)80-59-35-17-20-38-64(59)83(54-29-11-4-12-30-54)78-74-57-33-15-22-40-70(57)86-72(74)48-68(84)76(78)80)79-58-34-16-19-37-63(58)82(53-27-9-3-10-28-53)77-73-56-32-14-21-39-69(56)85-71(73)47-67(75(77)79)81(65)52-25-7-2-8-26-52/h1-48H. The lowest BCUT2D eigenvalue weighted by Gasteiger charge is -2.47. The molecular formula is C78H48B2N4O2. The van der Waals surface area contributed by atoms with Gasteiger partial charge in [-0.2, -0.15) is 0 Å². The molecule has 19 rings (SSSR count). The number of para-hydroxylation sites is 8. The van der Waals surface area contributed by atoms with Crippen LogP contribution < -0.4 is 52.4 Å². The summed E-state index contributed by atoms with van der Waals surface area (Å²) in [5.41, 5.74) is 28.7. The van der Waals surface area contributed by atoms with Gasteiger partial charge in [-0.05, 0) is 122 Å². The lowest BCUT2D eigenvalue weighted by atomic mass is 9.30. The van der Waals surface area contributed by atoms with Crippen LogP contribution in [-0.4, -0.2) is 13.4 Å². The lowest BCUT2D eigenvalue weighted by Crippen LogP contribution is -2.65. The van der Waals surface area contributed by atoms with Crippen molar-refractivity contribution in [1.82, 2.24) is 0 Å². The van der Waals surface area contributed by atoms with Crippen molar-refractivity contribution in [1.29, 1.82) is 0 Å². The van der Waals surface area contributed by atoms with E-state index in [0.717, 1.165) is 123 Å². The van der Waals surface area contributed by atoms with E-state index in [1.165, 1.54) is 43.9 Å². The molecule has 0 fully saturated rings. The van der Waals surface area contributed by atoms with Gasteiger partial charge in [0.05, 0.1) is 27.8 Å². The quantitative estimate of drug-likeness (QED) is 0.155. The molecule has 0 aliphatic carbocycles. The Morgan fingerprint density at radius 2 is 0.640 bits per heavy atom. The summed E-state index contributed by atoms with van der Waals surface area (Å²) in [7, 11) is 0. The molecule has 0 radical (unpaired) electrons. The lowest BCUT2D eigenvalue weighted by molar-refractivity contribution is 0.668. The summed E-state index contributed by atoms with van der Waals surface area (Å²) in [5, 5.41) is 4.38. The molecule has 6 nitrogen and oxygen atoms in total. The van der Waals surface area contributed by atoms with E-state index in [0.29, 0.717) is 0 Å². The predicted octanol–water partition coefficient (Wildman–Crippen LogP) is 17.0. The van der Waals surface area contributed by atoms with E-state index in [1.807, 2.05) is 0 Å². The summed E-state index contributed by atoms with van der Waals surface area (Å²) < 4.78 is 14.2. The van der Waals surface area contributed by atoms with Crippen molar-refractivity contribution >= 4 is 158 Å². The minimum Gasteiger partial charge on any atom is -0.456 e. The van der Waals surface area contributed by atoms with E-state index in [9.17, 15) is 0 Å². The van der Waals surface area contributed by atoms with Crippen molar-refractivity contribution in [2.24, 2.45) is 0 Å². The highest BCUT2D eigenvalue weighted by Crippen LogP contribution is 2.54. The van der Waals surface area contributed by atoms with E-state index >= 15 is 0 Å². The zero-order valence-corrected chi connectivity index (χ0v) is 46.5. The number of rotatable bonds is 6. The molecule has 0 spiro atoms. The van der Waals surface area contributed by atoms with Crippen molar-refractivity contribution in [3.8, 4) is 22.3 Å². The van der Waals surface area contributed by atoms with Crippen LogP contribution in [0.1, 0.15) is 0 Å². The normalized spacial score (nSPS) is 13.4. The first kappa shape index (κ1) is 47.3. The second-order valence-electron chi connectivity index (χ2n) is 23.0. The van der Waals surface area contributed by atoms with Crippen molar-refractivity contribution in [3.05, 3.63) is 291 Å². The van der Waals surface area contributed by atoms with Gasteiger partial charge in [0.1, 0.15) is 22.3 Å². The Morgan fingerprint density at radius 3 is 1.17 bits per heavy atom. The molecule has 4 aliphatic heterocycles. The van der Waals surface area contributed by atoms with Gasteiger partial charge in [0.15, 0.2) is 0 Å². The van der Waals surface area contributed by atoms with Gasteiger partial charge in [-0.15, -0.1) is 0 Å². The summed E-state index contributed by atoms with van der Waals surface area (Å²) in [6.45, 7) is -0.381. The molecule has 0 atom stereocenters. The van der Waals surface area contributed by atoms with Crippen LogP contribution in [-0.2, 0) is 0 Å². The number of anilines is 12. The molecule has 15 aromatic rings. The van der Waals surface area contributed by atoms with Gasteiger partial charge in [-0.25, -0.2) is 0 Å². The fourth-order valence-corrected chi connectivity index (χ4v) is 15.1. The van der Waals surface area contributed by atoms with Gasteiger partial charge in [0, 0.05) is 79.7 Å². The summed E-state index contributed by atoms with van der Waals surface area (Å²) in [6, 6.07) is 107. The largest absolute Gasteiger partial charge is 0.456 e. The molecular weight excluding hydrogens is 1050 g/mol. The smallest absolute Gasteiger partial charge is 0.252 e. The second-order valence-corrected chi connectivity index (χ2v) is 23.0. The maximum absolute atomic E-state index is 7.14. The van der Waals surface area contributed by atoms with Crippen molar-refractivity contribution in [2.45, 2.75) is 0 Å². The van der Waals surface area contributed by atoms with E-state index in [4.69, 9.17) is 8.83 Å². The highest BCUT2D eigenvalue weighted by atomic mass is 16.3. The van der Waals surface area contributed by atoms with E-state index in [1.54, 1.807) is 0 Å². The number of fused-ring (bicyclic) bond motifs is 16. The van der Waals surface area contributed by atoms with Gasteiger partial charge in [-0.1, -0.05) is 206 Å². The highest BCUT2D eigenvalue weighted by Gasteiger charge is 2.50. The number of benzene rings is 13. The molecule has 86 heavy (non-hydrogen) atoms. The molecule has 0 bridgehead atoms. The maximum Gasteiger partial charge on any atom is 0.252 e. The summed E-state index contributed by atoms with van der Waals surface area (Å²) >= 11 is 0. The Hall–Kier alpha value is -11.2. The van der Waals surface area contributed by atoms with Crippen molar-refractivity contribution in [2.75, 3.05) is 19.6 Å². The summed E-state index contributed by atoms with van der Waals surface area (Å²) in [6.07, 6.45) is 0. The summed E-state index contributed by atoms with van der Waals surface area (Å²) in [4.78, 5) is 10.1. The van der Waals surface area contributed by atoms with Gasteiger partial charge < -0.3 is 28.4 Å². The predicted molar refractivity (Wildman–Crippen MR) is 360 cm³/mol. The van der Waals surface area contributed by atoms with Crippen LogP contribution in [0.5, 0.6) is 0 Å². The minimum absolute atomic E-state index is 0.181. The molecule has 0 saturated heterocycles. The molecule has 4 aliphatic rings. The Bertz CT molecular complexity index is 5280. The number of hydrogen-bond acceptors (Lipinski definition) is 6. The van der Waals surface area contributed by atoms with Gasteiger partial charge in [-0.3, -0.25) is 0 Å². The van der Waals surface area contributed by atoms with E-state index in [-0.39, 0.29) is 13.4 Å². The first-order chi connectivity index (χ1) is 42.7. The first-order valence-electron chi connectivity index (χ1n) is 29.6. The number of hydrogen-bond donors (Lipinski definition) is 0. The Kier molecular flexibility index (Phi) is 9.98. The molecule has 13 aromatic carbocycles. The zero-order valence-electron chi connectivity index (χ0n) is 46.5. The van der Waals surface area contributed by atoms with Crippen LogP contribution >= 0.6 is 0 Å². The Labute approximate surface area is 497 Å². The molecule has 6 heterocycles. The van der Waals surface area contributed by atoms with E-state index < -0.39 is 0 Å². The molecule has 398 valence electrons. The SMILES string of the molecule is c1ccc(-c2ccc(-c3ccccc3N3c4cc5c(cc4B4c6ccccc6N(c6ccccc6)c6c4c3cc3oc4ccccc4c63)B3c4ccccc4N(c4ccccc4)c4c3c(cc3oc6ccccc6c43)N5c3ccccc3)cc2)cc1. The van der Waals surface area contributed by atoms with Crippen LogP contribution in [0.4, 0.5) is 68.2 Å². The summed E-state index contributed by atoms with van der Waals surface area (Å²) in [5.74, 6) is 0. The number of furan rings is 2. The molecule has 0 amide bonds. The fourth-order valence-electron chi connectivity index (χ4n) is 15.1. The molecule has 0 N–H and O–H groups in total. The highest BCUT2D eigenvalue weighted by molar-refractivity contribution is 7.03. The minimum atomic E-state index is -0.200. The molecule has 2 aromatic heterocycles. The number of nitrogens with zero attached hydrogens (tertiary/aromatic N) is 4. The third-order valence-electron chi connectivity index (χ3n) is 18.6. The van der Waals surface area contributed by atoms with Gasteiger partial charge >= 0.3 is 0 Å². The van der Waals surface area contributed by atoms with Crippen LogP contribution in [0, 0.1) is 0 Å². The van der Waals surface area contributed by atoms with Crippen molar-refractivity contribution < 1.29 is 8.83 Å². The van der Waals surface area contributed by atoms with Crippen LogP contribution in [0.3, 0.4) is 0 Å². The van der Waals surface area contributed by atoms with Crippen LogP contribution in [0.2, 0.25) is 0 Å². The van der Waals surface area contributed by atoms with Gasteiger partial charge in [0.2, 0.25) is 0 Å². The third-order valence-corrected chi connectivity index (χ3v) is 18.6.